The van der Waals surface area contributed by atoms with Gasteiger partial charge in [-0.3, -0.25) is 0 Å². The molecule has 0 radical (unpaired) electrons. The van der Waals surface area contributed by atoms with E-state index in [0.29, 0.717) is 0 Å². The lowest BCUT2D eigenvalue weighted by Gasteiger charge is -2.23. The summed E-state index contributed by atoms with van der Waals surface area (Å²) in [5.41, 5.74) is 0. The number of hydrogen-bond donors (Lipinski definition) is 0. The molecule has 0 spiro atoms. The molecule has 0 aliphatic heterocycles. The Bertz CT molecular complexity index is 181. The molecule has 0 atom stereocenters. The molecule has 0 bridgehead atoms. The lowest BCUT2D eigenvalue weighted by Crippen LogP contribution is -2.35. The van der Waals surface area contributed by atoms with Crippen LogP contribution in [0.4, 0.5) is 0 Å². The van der Waals surface area contributed by atoms with Gasteiger partial charge in [-0.05, 0) is 12.8 Å². The van der Waals surface area contributed by atoms with E-state index in [1.165, 1.54) is 90.0 Å². The van der Waals surface area contributed by atoms with Crippen LogP contribution in [0.15, 0.2) is 0 Å². The summed E-state index contributed by atoms with van der Waals surface area (Å²) in [6, 6.07) is 0. The number of unbranched alkanes of at least 4 members (excludes halogenated alkanes) is 13. The fourth-order valence-electron chi connectivity index (χ4n) is 2.70. The molecule has 0 amide bonds. The van der Waals surface area contributed by atoms with E-state index in [2.05, 4.69) is 34.5 Å². The maximum atomic E-state index is 2.29. The summed E-state index contributed by atoms with van der Waals surface area (Å²) in [5.74, 6) is 0. The Kier molecular flexibility index (Phi) is 13.9. The Labute approximate surface area is 129 Å². The van der Waals surface area contributed by atoms with Crippen LogP contribution < -0.4 is 0 Å². The van der Waals surface area contributed by atoms with Crippen LogP contribution in [0.5, 0.6) is 0 Å². The van der Waals surface area contributed by atoms with Gasteiger partial charge in [-0.25, -0.2) is 0 Å². The maximum Gasteiger partial charge on any atom is 0.0780 e. The van der Waals surface area contributed by atoms with Crippen LogP contribution in [0.1, 0.15) is 90.4 Å². The predicted octanol–water partition coefficient (Wildman–Crippen LogP) is 5.99. The Morgan fingerprint density at radius 2 is 0.900 bits per heavy atom. The standard InChI is InChI=1S/C19H41N/c1-5-6-7-8-9-10-11-12-13-14-15-16-17-18-19-20(2,3)4/h5H,6-19H2,1-4H3. The number of hydrogen-bond acceptors (Lipinski definition) is 0. The number of nitrogens with zero attached hydrogens (tertiary/aromatic N) is 1. The van der Waals surface area contributed by atoms with E-state index in [-0.39, 0.29) is 0 Å². The Morgan fingerprint density at radius 3 is 1.25 bits per heavy atom. The molecule has 1 nitrogen and oxygen atoms in total. The van der Waals surface area contributed by atoms with E-state index < -0.39 is 0 Å². The fraction of sp³-hybridized carbons (Fsp3) is 0.947. The van der Waals surface area contributed by atoms with Gasteiger partial charge in [0, 0.05) is 0 Å². The highest BCUT2D eigenvalue weighted by molar-refractivity contribution is 4.55. The van der Waals surface area contributed by atoms with Crippen molar-refractivity contribution in [2.75, 3.05) is 27.7 Å². The van der Waals surface area contributed by atoms with E-state index in [1.54, 1.807) is 0 Å². The molecular formula is C19H41N. The molecule has 20 heavy (non-hydrogen) atoms. The van der Waals surface area contributed by atoms with Gasteiger partial charge in [-0.15, -0.1) is 0 Å². The van der Waals surface area contributed by atoms with E-state index in [0.717, 1.165) is 4.48 Å². The molecule has 0 aromatic carbocycles. The van der Waals surface area contributed by atoms with Crippen molar-refractivity contribution < 1.29 is 4.48 Å². The van der Waals surface area contributed by atoms with Crippen LogP contribution in [-0.2, 0) is 0 Å². The molecule has 0 fully saturated rings. The molecule has 0 aliphatic carbocycles. The summed E-state index contributed by atoms with van der Waals surface area (Å²) < 4.78 is 1.12. The number of quaternary nitrogens is 1. The van der Waals surface area contributed by atoms with Crippen molar-refractivity contribution in [3.8, 4) is 0 Å². The van der Waals surface area contributed by atoms with Gasteiger partial charge < -0.3 is 10.9 Å². The van der Waals surface area contributed by atoms with Crippen molar-refractivity contribution in [3.63, 3.8) is 0 Å². The zero-order valence-corrected chi connectivity index (χ0v) is 14.9. The zero-order chi connectivity index (χ0) is 15.1. The van der Waals surface area contributed by atoms with Gasteiger partial charge in [0.1, 0.15) is 0 Å². The first-order valence-corrected chi connectivity index (χ1v) is 9.14. The topological polar surface area (TPSA) is 0 Å². The molecule has 0 saturated carbocycles. The smallest absolute Gasteiger partial charge is 0.0780 e. The molecule has 122 valence electrons. The summed E-state index contributed by atoms with van der Waals surface area (Å²) >= 11 is 0. The second-order valence-electron chi connectivity index (χ2n) is 7.45. The van der Waals surface area contributed by atoms with Crippen LogP contribution in [0.3, 0.4) is 0 Å². The van der Waals surface area contributed by atoms with Crippen molar-refractivity contribution in [3.05, 3.63) is 6.42 Å². The average Bonchev–Trinajstić information content (AvgIpc) is 2.38. The van der Waals surface area contributed by atoms with Crippen molar-refractivity contribution in [1.29, 1.82) is 0 Å². The third-order valence-electron chi connectivity index (χ3n) is 4.07. The lowest BCUT2D eigenvalue weighted by molar-refractivity contribution is -0.870. The third kappa shape index (κ3) is 18.0. The highest BCUT2D eigenvalue weighted by atomic mass is 15.3. The van der Waals surface area contributed by atoms with Gasteiger partial charge in [0.05, 0.1) is 27.7 Å². The molecule has 0 heterocycles. The van der Waals surface area contributed by atoms with Crippen molar-refractivity contribution in [1.82, 2.24) is 0 Å². The predicted molar refractivity (Wildman–Crippen MR) is 92.9 cm³/mol. The van der Waals surface area contributed by atoms with Crippen molar-refractivity contribution in [2.24, 2.45) is 0 Å². The molecular weight excluding hydrogens is 242 g/mol. The molecule has 0 aliphatic rings. The first-order valence-electron chi connectivity index (χ1n) is 9.14. The lowest BCUT2D eigenvalue weighted by atomic mass is 10.0. The SMILES string of the molecule is C[CH-]CCCCCCCCCCCCCC[N+](C)(C)C. The van der Waals surface area contributed by atoms with Crippen LogP contribution in [-0.4, -0.2) is 32.2 Å². The zero-order valence-electron chi connectivity index (χ0n) is 14.9. The minimum absolute atomic E-state index is 1.12. The van der Waals surface area contributed by atoms with Crippen molar-refractivity contribution >= 4 is 0 Å². The van der Waals surface area contributed by atoms with E-state index in [9.17, 15) is 0 Å². The summed E-state index contributed by atoms with van der Waals surface area (Å²) in [6.07, 6.45) is 21.0. The summed E-state index contributed by atoms with van der Waals surface area (Å²) in [6.45, 7) is 3.50. The van der Waals surface area contributed by atoms with Crippen LogP contribution in [0, 0.1) is 6.42 Å². The van der Waals surface area contributed by atoms with Gasteiger partial charge in [-0.1, -0.05) is 64.2 Å². The second-order valence-corrected chi connectivity index (χ2v) is 7.45. The van der Waals surface area contributed by atoms with Crippen LogP contribution >= 0.6 is 0 Å². The van der Waals surface area contributed by atoms with Gasteiger partial charge in [0.15, 0.2) is 0 Å². The average molecular weight is 284 g/mol. The minimum Gasteiger partial charge on any atom is -0.332 e. The van der Waals surface area contributed by atoms with E-state index >= 15 is 0 Å². The first-order chi connectivity index (χ1) is 9.56. The Hall–Kier alpha value is -0.0400. The monoisotopic (exact) mass is 283 g/mol. The molecule has 0 saturated heterocycles. The highest BCUT2D eigenvalue weighted by Crippen LogP contribution is 2.13. The highest BCUT2D eigenvalue weighted by Gasteiger charge is 2.04. The Balaban J connectivity index is 2.99. The molecule has 0 aromatic rings. The van der Waals surface area contributed by atoms with E-state index in [1.807, 2.05) is 0 Å². The summed E-state index contributed by atoms with van der Waals surface area (Å²) in [7, 11) is 6.88. The van der Waals surface area contributed by atoms with Gasteiger partial charge in [0.2, 0.25) is 0 Å². The van der Waals surface area contributed by atoms with Crippen molar-refractivity contribution in [2.45, 2.75) is 90.4 Å². The maximum absolute atomic E-state index is 2.29. The second kappa shape index (κ2) is 13.9. The molecule has 0 unspecified atom stereocenters. The summed E-state index contributed by atoms with van der Waals surface area (Å²) in [5, 5.41) is 0. The van der Waals surface area contributed by atoms with E-state index in [4.69, 9.17) is 0 Å². The molecule has 0 aromatic heterocycles. The van der Waals surface area contributed by atoms with Crippen LogP contribution in [0.25, 0.3) is 0 Å². The number of rotatable bonds is 15. The third-order valence-corrected chi connectivity index (χ3v) is 4.07. The normalized spacial score (nSPS) is 12.0. The molecule has 0 rings (SSSR count). The van der Waals surface area contributed by atoms with Gasteiger partial charge in [-0.2, -0.15) is 13.3 Å². The quantitative estimate of drug-likeness (QED) is 0.197. The van der Waals surface area contributed by atoms with Crippen LogP contribution in [0.2, 0.25) is 0 Å². The minimum atomic E-state index is 1.12. The summed E-state index contributed by atoms with van der Waals surface area (Å²) in [4.78, 5) is 0. The Morgan fingerprint density at radius 1 is 0.550 bits per heavy atom. The van der Waals surface area contributed by atoms with Gasteiger partial charge in [0.25, 0.3) is 0 Å². The molecule has 1 heteroatoms. The first kappa shape index (κ1) is 20.0. The molecule has 0 N–H and O–H groups in total. The fourth-order valence-corrected chi connectivity index (χ4v) is 2.70. The van der Waals surface area contributed by atoms with Gasteiger partial charge >= 0.3 is 0 Å². The largest absolute Gasteiger partial charge is 0.332 e.